The summed E-state index contributed by atoms with van der Waals surface area (Å²) in [6, 6.07) is 4.44. The number of benzene rings is 1. The number of hydrogen-bond acceptors (Lipinski definition) is 5. The van der Waals surface area contributed by atoms with Crippen molar-refractivity contribution in [3.8, 4) is 5.75 Å². The van der Waals surface area contributed by atoms with Crippen molar-refractivity contribution in [1.29, 1.82) is 0 Å². The van der Waals surface area contributed by atoms with Crippen LogP contribution < -0.4 is 16.3 Å². The standard InChI is InChI=1S/C24H41BN2O3/c1-7-17-12-18(17)13-20-21(25(30-26-6)29-24(4,5)8-2)14-19(15-22(20)28)23-16(3)10-9-11-27-23/h14-18,23,26-28H,7-13H2,1-6H3. The number of nitrogens with one attached hydrogen (secondary N) is 2. The molecule has 168 valence electrons. The minimum atomic E-state index is -0.566. The Bertz CT molecular complexity index is 712. The summed E-state index contributed by atoms with van der Waals surface area (Å²) in [6.45, 7) is 11.8. The highest BCUT2D eigenvalue weighted by Crippen LogP contribution is 2.44. The smallest absolute Gasteiger partial charge is 0.508 e. The summed E-state index contributed by atoms with van der Waals surface area (Å²) in [5.41, 5.74) is 5.58. The molecule has 1 aromatic carbocycles. The molecule has 1 saturated carbocycles. The van der Waals surface area contributed by atoms with E-state index in [4.69, 9.17) is 9.41 Å². The number of rotatable bonds is 10. The van der Waals surface area contributed by atoms with E-state index in [9.17, 15) is 5.11 Å². The summed E-state index contributed by atoms with van der Waals surface area (Å²) < 4.78 is 12.3. The zero-order valence-corrected chi connectivity index (χ0v) is 19.8. The topological polar surface area (TPSA) is 62.8 Å². The second-order valence-electron chi connectivity index (χ2n) is 9.91. The molecule has 1 aromatic rings. The Morgan fingerprint density at radius 2 is 2.03 bits per heavy atom. The molecule has 0 amide bonds. The Labute approximate surface area is 183 Å². The second kappa shape index (κ2) is 10.0. The van der Waals surface area contributed by atoms with Crippen LogP contribution in [0, 0.1) is 17.8 Å². The molecule has 6 heteroatoms. The van der Waals surface area contributed by atoms with E-state index >= 15 is 0 Å². The van der Waals surface area contributed by atoms with Crippen LogP contribution in [0.4, 0.5) is 0 Å². The minimum Gasteiger partial charge on any atom is -0.508 e. The van der Waals surface area contributed by atoms with E-state index in [1.807, 2.05) is 6.07 Å². The first-order chi connectivity index (χ1) is 14.3. The van der Waals surface area contributed by atoms with Gasteiger partial charge in [0.2, 0.25) is 0 Å². The summed E-state index contributed by atoms with van der Waals surface area (Å²) in [5.74, 6) is 2.33. The average molecular weight is 416 g/mol. The fraction of sp³-hybridized carbons (Fsp3) is 0.750. The van der Waals surface area contributed by atoms with Gasteiger partial charge in [0.05, 0.1) is 0 Å². The maximum atomic E-state index is 11.1. The monoisotopic (exact) mass is 416 g/mol. The van der Waals surface area contributed by atoms with Crippen LogP contribution >= 0.6 is 0 Å². The zero-order chi connectivity index (χ0) is 21.9. The Kier molecular flexibility index (Phi) is 7.89. The van der Waals surface area contributed by atoms with Crippen molar-refractivity contribution in [3.05, 3.63) is 23.3 Å². The molecule has 1 heterocycles. The van der Waals surface area contributed by atoms with E-state index in [2.05, 4.69) is 51.5 Å². The first kappa shape index (κ1) is 23.6. The third-order valence-electron chi connectivity index (χ3n) is 7.23. The van der Waals surface area contributed by atoms with Gasteiger partial charge in [-0.25, -0.2) is 5.48 Å². The van der Waals surface area contributed by atoms with Crippen LogP contribution in [0.5, 0.6) is 5.75 Å². The summed E-state index contributed by atoms with van der Waals surface area (Å²) in [6.07, 6.45) is 6.61. The summed E-state index contributed by atoms with van der Waals surface area (Å²) >= 11 is 0. The lowest BCUT2D eigenvalue weighted by atomic mass is 9.71. The van der Waals surface area contributed by atoms with Crippen molar-refractivity contribution in [2.75, 3.05) is 13.6 Å². The van der Waals surface area contributed by atoms with E-state index in [1.165, 1.54) is 25.7 Å². The minimum absolute atomic E-state index is 0.246. The lowest BCUT2D eigenvalue weighted by Gasteiger charge is -2.32. The summed E-state index contributed by atoms with van der Waals surface area (Å²) in [7, 11) is 1.20. The molecule has 0 radical (unpaired) electrons. The van der Waals surface area contributed by atoms with Crippen LogP contribution in [0.3, 0.4) is 0 Å². The molecule has 1 saturated heterocycles. The molecule has 3 N–H and O–H groups in total. The molecule has 5 nitrogen and oxygen atoms in total. The van der Waals surface area contributed by atoms with Crippen molar-refractivity contribution in [3.63, 3.8) is 0 Å². The molecule has 0 bridgehead atoms. The molecule has 30 heavy (non-hydrogen) atoms. The van der Waals surface area contributed by atoms with Crippen molar-refractivity contribution >= 4 is 12.6 Å². The molecular formula is C24H41BN2O3. The first-order valence-corrected chi connectivity index (χ1v) is 11.9. The Morgan fingerprint density at radius 3 is 2.63 bits per heavy atom. The van der Waals surface area contributed by atoms with Crippen molar-refractivity contribution < 1.29 is 14.5 Å². The molecule has 4 atom stereocenters. The molecule has 0 aromatic heterocycles. The van der Waals surface area contributed by atoms with Crippen LogP contribution in [0.2, 0.25) is 0 Å². The van der Waals surface area contributed by atoms with Gasteiger partial charge in [0, 0.05) is 18.7 Å². The predicted octanol–water partition coefficient (Wildman–Crippen LogP) is 4.09. The SMILES string of the molecule is CCC1CC1Cc1c(O)cc(C2NCCCC2C)cc1B(ONC)OC(C)(C)CC. The van der Waals surface area contributed by atoms with Crippen molar-refractivity contribution in [2.45, 2.75) is 84.8 Å². The van der Waals surface area contributed by atoms with Gasteiger partial charge in [0.25, 0.3) is 0 Å². The van der Waals surface area contributed by atoms with E-state index in [0.29, 0.717) is 17.6 Å². The van der Waals surface area contributed by atoms with Gasteiger partial charge in [0.1, 0.15) is 5.75 Å². The van der Waals surface area contributed by atoms with Gasteiger partial charge in [-0.1, -0.05) is 33.3 Å². The summed E-state index contributed by atoms with van der Waals surface area (Å²) in [5, 5.41) is 14.8. The van der Waals surface area contributed by atoms with E-state index in [1.54, 1.807) is 7.05 Å². The highest BCUT2D eigenvalue weighted by atomic mass is 16.7. The summed E-state index contributed by atoms with van der Waals surface area (Å²) in [4.78, 5) is 0. The maximum Gasteiger partial charge on any atom is 0.511 e. The fourth-order valence-corrected chi connectivity index (χ4v) is 4.76. The van der Waals surface area contributed by atoms with Crippen LogP contribution in [-0.4, -0.2) is 31.4 Å². The van der Waals surface area contributed by atoms with Crippen LogP contribution in [0.1, 0.15) is 83.9 Å². The number of phenolic OH excluding ortho intramolecular Hbond substituents is 1. The number of aromatic hydroxyl groups is 1. The lowest BCUT2D eigenvalue weighted by Crippen LogP contribution is -2.48. The van der Waals surface area contributed by atoms with Gasteiger partial charge in [-0.05, 0) is 92.9 Å². The van der Waals surface area contributed by atoms with Gasteiger partial charge in [0.15, 0.2) is 0 Å². The highest BCUT2D eigenvalue weighted by molar-refractivity contribution is 6.62. The van der Waals surface area contributed by atoms with Gasteiger partial charge in [-0.2, -0.15) is 0 Å². The fourth-order valence-electron chi connectivity index (χ4n) is 4.76. The van der Waals surface area contributed by atoms with Crippen LogP contribution in [-0.2, 0) is 15.8 Å². The molecule has 4 unspecified atom stereocenters. The predicted molar refractivity (Wildman–Crippen MR) is 124 cm³/mol. The maximum absolute atomic E-state index is 11.1. The normalized spacial score (nSPS) is 26.6. The number of phenols is 1. The number of hydroxylamine groups is 1. The molecule has 3 rings (SSSR count). The van der Waals surface area contributed by atoms with E-state index < -0.39 is 7.12 Å². The molecule has 1 aliphatic carbocycles. The highest BCUT2D eigenvalue weighted by Gasteiger charge is 2.39. The Hall–Kier alpha value is -1.08. The van der Waals surface area contributed by atoms with Crippen molar-refractivity contribution in [2.24, 2.45) is 17.8 Å². The van der Waals surface area contributed by atoms with Gasteiger partial charge < -0.3 is 19.8 Å². The third kappa shape index (κ3) is 5.58. The third-order valence-corrected chi connectivity index (χ3v) is 7.23. The molecule has 1 aliphatic heterocycles. The van der Waals surface area contributed by atoms with Gasteiger partial charge in [-0.15, -0.1) is 0 Å². The van der Waals surface area contributed by atoms with E-state index in [-0.39, 0.29) is 11.6 Å². The van der Waals surface area contributed by atoms with Gasteiger partial charge >= 0.3 is 7.12 Å². The molecule has 2 aliphatic rings. The van der Waals surface area contributed by atoms with E-state index in [0.717, 1.165) is 41.9 Å². The van der Waals surface area contributed by atoms with Crippen molar-refractivity contribution in [1.82, 2.24) is 10.8 Å². The molecular weight excluding hydrogens is 375 g/mol. The van der Waals surface area contributed by atoms with Crippen LogP contribution in [0.15, 0.2) is 12.1 Å². The molecule has 2 fully saturated rings. The Morgan fingerprint density at radius 1 is 1.27 bits per heavy atom. The van der Waals surface area contributed by atoms with Crippen LogP contribution in [0.25, 0.3) is 0 Å². The lowest BCUT2D eigenvalue weighted by molar-refractivity contribution is 0.0524. The Balaban J connectivity index is 2.00. The quantitative estimate of drug-likeness (QED) is 0.396. The number of piperidine rings is 1. The largest absolute Gasteiger partial charge is 0.511 e. The second-order valence-corrected chi connectivity index (χ2v) is 9.91. The zero-order valence-electron chi connectivity index (χ0n) is 19.8. The first-order valence-electron chi connectivity index (χ1n) is 11.9. The average Bonchev–Trinajstić information content (AvgIpc) is 3.47. The molecule has 0 spiro atoms. The number of hydrogen-bond donors (Lipinski definition) is 3. The van der Waals surface area contributed by atoms with Gasteiger partial charge in [-0.3, -0.25) is 0 Å².